The fourth-order valence-corrected chi connectivity index (χ4v) is 3.40. The van der Waals surface area contributed by atoms with Crippen molar-refractivity contribution in [1.82, 2.24) is 20.0 Å². The Morgan fingerprint density at radius 1 is 1.31 bits per heavy atom. The Labute approximate surface area is 172 Å². The third-order valence-electron chi connectivity index (χ3n) is 3.95. The molecule has 0 atom stereocenters. The van der Waals surface area contributed by atoms with Crippen LogP contribution >= 0.6 is 35.3 Å². The fraction of sp³-hybridized carbons (Fsp3) is 0.294. The average Bonchev–Trinajstić information content (AvgIpc) is 3.32. The van der Waals surface area contributed by atoms with E-state index in [-0.39, 0.29) is 24.0 Å². The minimum Gasteiger partial charge on any atom is -0.454 e. The van der Waals surface area contributed by atoms with Crippen LogP contribution in [0.3, 0.4) is 0 Å². The second kappa shape index (κ2) is 8.58. The normalized spacial score (nSPS) is 12.9. The zero-order valence-corrected chi connectivity index (χ0v) is 17.4. The maximum atomic E-state index is 5.41. The summed E-state index contributed by atoms with van der Waals surface area (Å²) in [4.78, 5) is 9.80. The highest BCUT2D eigenvalue weighted by atomic mass is 127. The van der Waals surface area contributed by atoms with Gasteiger partial charge in [0, 0.05) is 31.4 Å². The van der Waals surface area contributed by atoms with Crippen molar-refractivity contribution in [2.24, 2.45) is 4.99 Å². The molecule has 3 heterocycles. The van der Waals surface area contributed by atoms with Gasteiger partial charge in [-0.2, -0.15) is 0 Å². The third-order valence-corrected chi connectivity index (χ3v) is 4.72. The second-order valence-electron chi connectivity index (χ2n) is 5.62. The maximum Gasteiger partial charge on any atom is 0.231 e. The summed E-state index contributed by atoms with van der Waals surface area (Å²) in [6.07, 6.45) is 4.91. The van der Waals surface area contributed by atoms with Crippen molar-refractivity contribution in [3.05, 3.63) is 47.2 Å². The van der Waals surface area contributed by atoms with Gasteiger partial charge in [0.05, 0.1) is 12.2 Å². The molecule has 0 unspecified atom stereocenters. The van der Waals surface area contributed by atoms with Gasteiger partial charge in [-0.1, -0.05) is 6.07 Å². The number of halogens is 1. The fourth-order valence-electron chi connectivity index (χ4n) is 2.68. The van der Waals surface area contributed by atoms with Crippen LogP contribution in [0.5, 0.6) is 11.5 Å². The number of benzene rings is 1. The molecular weight excluding hydrogens is 465 g/mol. The van der Waals surface area contributed by atoms with E-state index in [0.717, 1.165) is 41.1 Å². The quantitative estimate of drug-likeness (QED) is 0.331. The topological polar surface area (TPSA) is 72.2 Å². The van der Waals surface area contributed by atoms with E-state index >= 15 is 0 Å². The van der Waals surface area contributed by atoms with Gasteiger partial charge in [0.15, 0.2) is 22.4 Å². The monoisotopic (exact) mass is 485 g/mol. The molecule has 0 spiro atoms. The van der Waals surface area contributed by atoms with Crippen molar-refractivity contribution in [2.45, 2.75) is 13.0 Å². The Morgan fingerprint density at radius 3 is 3.04 bits per heavy atom. The number of rotatable bonds is 5. The molecule has 0 radical (unpaired) electrons. The van der Waals surface area contributed by atoms with Crippen LogP contribution in [0.1, 0.15) is 11.3 Å². The van der Waals surface area contributed by atoms with Gasteiger partial charge in [0.2, 0.25) is 6.79 Å². The van der Waals surface area contributed by atoms with Crippen LogP contribution in [0.25, 0.3) is 4.96 Å². The van der Waals surface area contributed by atoms with Crippen molar-refractivity contribution in [2.75, 3.05) is 20.4 Å². The predicted molar refractivity (Wildman–Crippen MR) is 113 cm³/mol. The number of nitrogens with one attached hydrogen (secondary N) is 2. The van der Waals surface area contributed by atoms with E-state index in [4.69, 9.17) is 9.47 Å². The molecule has 0 saturated heterocycles. The number of imidazole rings is 1. The van der Waals surface area contributed by atoms with Gasteiger partial charge in [0.25, 0.3) is 0 Å². The molecule has 2 aromatic heterocycles. The summed E-state index contributed by atoms with van der Waals surface area (Å²) in [6.45, 7) is 1.72. The van der Waals surface area contributed by atoms with Crippen LogP contribution in [0, 0.1) is 0 Å². The Bertz CT molecular complexity index is 879. The first-order valence-corrected chi connectivity index (χ1v) is 8.94. The lowest BCUT2D eigenvalue weighted by atomic mass is 10.1. The molecule has 2 N–H and O–H groups in total. The summed E-state index contributed by atoms with van der Waals surface area (Å²) >= 11 is 1.63. The van der Waals surface area contributed by atoms with Crippen LogP contribution in [0.4, 0.5) is 0 Å². The van der Waals surface area contributed by atoms with E-state index in [0.29, 0.717) is 13.3 Å². The molecule has 1 aliphatic heterocycles. The molecule has 0 saturated carbocycles. The van der Waals surface area contributed by atoms with Gasteiger partial charge in [-0.05, 0) is 24.1 Å². The zero-order chi connectivity index (χ0) is 17.1. The van der Waals surface area contributed by atoms with Crippen molar-refractivity contribution in [3.8, 4) is 11.5 Å². The number of hydrogen-bond donors (Lipinski definition) is 2. The van der Waals surface area contributed by atoms with Gasteiger partial charge in [-0.25, -0.2) is 4.98 Å². The standard InChI is InChI=1S/C17H19N5O2S.HI/c1-18-16(20-9-13-10-22-6-7-25-17(22)21-13)19-5-4-12-2-3-14-15(8-12)24-11-23-14;/h2-3,6-8,10H,4-5,9,11H2,1H3,(H2,18,19,20);1H. The first-order valence-electron chi connectivity index (χ1n) is 8.06. The Morgan fingerprint density at radius 2 is 2.19 bits per heavy atom. The summed E-state index contributed by atoms with van der Waals surface area (Å²) < 4.78 is 12.8. The summed E-state index contributed by atoms with van der Waals surface area (Å²) in [6, 6.07) is 6.04. The van der Waals surface area contributed by atoms with Crippen LogP contribution < -0.4 is 20.1 Å². The number of guanidine groups is 1. The summed E-state index contributed by atoms with van der Waals surface area (Å²) in [5, 5.41) is 8.63. The maximum absolute atomic E-state index is 5.41. The van der Waals surface area contributed by atoms with E-state index in [2.05, 4.69) is 26.7 Å². The molecular formula is C17H20IN5O2S. The van der Waals surface area contributed by atoms with E-state index in [9.17, 15) is 0 Å². The highest BCUT2D eigenvalue weighted by molar-refractivity contribution is 14.0. The smallest absolute Gasteiger partial charge is 0.231 e. The number of fused-ring (bicyclic) bond motifs is 2. The van der Waals surface area contributed by atoms with Crippen LogP contribution in [0.15, 0.2) is 41.0 Å². The lowest BCUT2D eigenvalue weighted by molar-refractivity contribution is 0.174. The molecule has 7 nitrogen and oxygen atoms in total. The zero-order valence-electron chi connectivity index (χ0n) is 14.3. The van der Waals surface area contributed by atoms with Crippen molar-refractivity contribution in [3.63, 3.8) is 0 Å². The number of ether oxygens (including phenoxy) is 2. The minimum absolute atomic E-state index is 0. The van der Waals surface area contributed by atoms with Gasteiger partial charge in [-0.3, -0.25) is 9.39 Å². The Kier molecular flexibility index (Phi) is 6.20. The second-order valence-corrected chi connectivity index (χ2v) is 6.49. The number of nitrogens with zero attached hydrogens (tertiary/aromatic N) is 3. The van der Waals surface area contributed by atoms with E-state index in [1.165, 1.54) is 5.56 Å². The first-order chi connectivity index (χ1) is 12.3. The minimum atomic E-state index is 0. The molecule has 0 amide bonds. The molecule has 0 fully saturated rings. The highest BCUT2D eigenvalue weighted by Crippen LogP contribution is 2.32. The molecule has 9 heteroatoms. The molecule has 26 heavy (non-hydrogen) atoms. The summed E-state index contributed by atoms with van der Waals surface area (Å²) in [5.41, 5.74) is 2.19. The van der Waals surface area contributed by atoms with E-state index < -0.39 is 0 Å². The lowest BCUT2D eigenvalue weighted by Gasteiger charge is -2.11. The molecule has 3 aromatic rings. The van der Waals surface area contributed by atoms with Crippen LogP contribution in [-0.2, 0) is 13.0 Å². The van der Waals surface area contributed by atoms with Crippen molar-refractivity contribution >= 4 is 46.2 Å². The van der Waals surface area contributed by atoms with E-state index in [1.54, 1.807) is 18.4 Å². The number of thiazole rings is 1. The number of aromatic nitrogens is 2. The predicted octanol–water partition coefficient (Wildman–Crippen LogP) is 2.65. The Hall–Kier alpha value is -2.01. The van der Waals surface area contributed by atoms with Gasteiger partial charge >= 0.3 is 0 Å². The van der Waals surface area contributed by atoms with E-state index in [1.807, 2.05) is 34.3 Å². The highest BCUT2D eigenvalue weighted by Gasteiger charge is 2.13. The third kappa shape index (κ3) is 4.21. The van der Waals surface area contributed by atoms with Crippen LogP contribution in [-0.4, -0.2) is 35.7 Å². The molecule has 0 bridgehead atoms. The molecule has 1 aromatic carbocycles. The number of hydrogen-bond acceptors (Lipinski definition) is 5. The average molecular weight is 485 g/mol. The van der Waals surface area contributed by atoms with Crippen molar-refractivity contribution in [1.29, 1.82) is 0 Å². The molecule has 0 aliphatic carbocycles. The largest absolute Gasteiger partial charge is 0.454 e. The molecule has 138 valence electrons. The Balaban J connectivity index is 0.00000196. The first kappa shape index (κ1) is 18.8. The van der Waals surface area contributed by atoms with Crippen LogP contribution in [0.2, 0.25) is 0 Å². The summed E-state index contributed by atoms with van der Waals surface area (Å²) in [5.74, 6) is 2.39. The van der Waals surface area contributed by atoms with Crippen molar-refractivity contribution < 1.29 is 9.47 Å². The van der Waals surface area contributed by atoms with Gasteiger partial charge in [0.1, 0.15) is 0 Å². The molecule has 4 rings (SSSR count). The SMILES string of the molecule is CN=C(NCCc1ccc2c(c1)OCO2)NCc1cn2ccsc2n1.I. The summed E-state index contributed by atoms with van der Waals surface area (Å²) in [7, 11) is 1.77. The molecule has 1 aliphatic rings. The lowest BCUT2D eigenvalue weighted by Crippen LogP contribution is -2.37. The van der Waals surface area contributed by atoms with Gasteiger partial charge in [-0.15, -0.1) is 35.3 Å². The van der Waals surface area contributed by atoms with Gasteiger partial charge < -0.3 is 20.1 Å². The number of aliphatic imine (C=N–C) groups is 1.